The lowest BCUT2D eigenvalue weighted by atomic mass is 10.1. The van der Waals surface area contributed by atoms with E-state index in [2.05, 4.69) is 5.16 Å². The topological polar surface area (TPSA) is 86.7 Å². The molecule has 8 heteroatoms. The number of carbonyl (C=O) groups excluding carboxylic acids is 2. The van der Waals surface area contributed by atoms with Gasteiger partial charge in [-0.05, 0) is 55.0 Å². The van der Waals surface area contributed by atoms with E-state index >= 15 is 0 Å². The van der Waals surface area contributed by atoms with E-state index in [1.807, 2.05) is 61.5 Å². The van der Waals surface area contributed by atoms with Gasteiger partial charge in [0.2, 0.25) is 0 Å². The van der Waals surface area contributed by atoms with Crippen molar-refractivity contribution >= 4 is 23.6 Å². The largest absolute Gasteiger partial charge is 0.457 e. The molecule has 0 aliphatic rings. The van der Waals surface area contributed by atoms with Crippen LogP contribution in [0.5, 0.6) is 11.5 Å². The second-order valence-electron chi connectivity index (χ2n) is 6.79. The molecule has 2 amide bonds. The minimum atomic E-state index is -0.869. The number of para-hydroxylation sites is 2. The van der Waals surface area contributed by atoms with E-state index in [0.29, 0.717) is 17.0 Å². The van der Waals surface area contributed by atoms with E-state index < -0.39 is 12.2 Å². The number of oxime groups is 1. The number of amides is 2. The van der Waals surface area contributed by atoms with Crippen LogP contribution in [0.3, 0.4) is 0 Å². The van der Waals surface area contributed by atoms with Crippen LogP contribution in [0.1, 0.15) is 18.1 Å². The van der Waals surface area contributed by atoms with Crippen molar-refractivity contribution in [3.05, 3.63) is 90.0 Å². The number of ether oxygens (including phenoxy) is 3. The third-order valence-electron chi connectivity index (χ3n) is 4.62. The van der Waals surface area contributed by atoms with Gasteiger partial charge in [-0.3, -0.25) is 0 Å². The number of rotatable bonds is 7. The number of hydrogen-bond acceptors (Lipinski definition) is 7. The number of imide groups is 1. The van der Waals surface area contributed by atoms with Crippen molar-refractivity contribution in [3.8, 4) is 11.5 Å². The highest BCUT2D eigenvalue weighted by molar-refractivity contribution is 6.09. The van der Waals surface area contributed by atoms with Gasteiger partial charge in [0.15, 0.2) is 0 Å². The van der Waals surface area contributed by atoms with Crippen molar-refractivity contribution < 1.29 is 28.6 Å². The van der Waals surface area contributed by atoms with Crippen LogP contribution in [0, 0.1) is 0 Å². The molecule has 0 aliphatic carbocycles. The van der Waals surface area contributed by atoms with E-state index in [1.54, 1.807) is 24.3 Å². The molecule has 0 aliphatic heterocycles. The lowest BCUT2D eigenvalue weighted by molar-refractivity contribution is 0.130. The molecule has 0 bridgehead atoms. The summed E-state index contributed by atoms with van der Waals surface area (Å²) in [5.74, 6) is 1.46. The van der Waals surface area contributed by atoms with Crippen molar-refractivity contribution in [2.75, 3.05) is 19.1 Å². The van der Waals surface area contributed by atoms with Crippen molar-refractivity contribution in [2.45, 2.75) is 13.5 Å². The molecule has 170 valence electrons. The molecule has 0 saturated heterocycles. The Morgan fingerprint density at radius 2 is 1.36 bits per heavy atom. The van der Waals surface area contributed by atoms with Gasteiger partial charge in [0.25, 0.3) is 0 Å². The fourth-order valence-electron chi connectivity index (χ4n) is 2.94. The SMILES string of the molecule is COC(=O)N(C(=O)OC)c1ccccc1CO/N=C(\C)c1ccc(Oc2ccccc2)cc1. The Morgan fingerprint density at radius 1 is 0.788 bits per heavy atom. The standard InChI is InChI=1S/C25H24N2O6/c1-18(19-13-15-22(16-14-19)33-21-10-5-4-6-11-21)26-32-17-20-9-7-8-12-23(20)27(24(28)30-2)25(29)31-3/h4-16H,17H2,1-3H3/b26-18+. The minimum Gasteiger partial charge on any atom is -0.457 e. The molecular formula is C25H24N2O6. The van der Waals surface area contributed by atoms with Gasteiger partial charge in [-0.2, -0.15) is 4.90 Å². The monoisotopic (exact) mass is 448 g/mol. The average Bonchev–Trinajstić information content (AvgIpc) is 2.85. The number of benzene rings is 3. The van der Waals surface area contributed by atoms with Crippen molar-refractivity contribution in [1.29, 1.82) is 0 Å². The van der Waals surface area contributed by atoms with Crippen LogP contribution in [0.2, 0.25) is 0 Å². The molecule has 0 spiro atoms. The van der Waals surface area contributed by atoms with Gasteiger partial charge in [0, 0.05) is 5.56 Å². The fraction of sp³-hybridized carbons (Fsp3) is 0.160. The summed E-state index contributed by atoms with van der Waals surface area (Å²) >= 11 is 0. The first-order valence-corrected chi connectivity index (χ1v) is 10.1. The first-order valence-electron chi connectivity index (χ1n) is 10.1. The Bertz CT molecular complexity index is 1100. The molecule has 0 saturated carbocycles. The van der Waals surface area contributed by atoms with Gasteiger partial charge >= 0.3 is 12.2 Å². The zero-order valence-electron chi connectivity index (χ0n) is 18.6. The molecule has 3 aromatic carbocycles. The van der Waals surface area contributed by atoms with Gasteiger partial charge in [-0.1, -0.05) is 41.6 Å². The van der Waals surface area contributed by atoms with Crippen molar-refractivity contribution in [2.24, 2.45) is 5.16 Å². The molecule has 33 heavy (non-hydrogen) atoms. The molecule has 0 aromatic heterocycles. The lowest BCUT2D eigenvalue weighted by Crippen LogP contribution is -2.37. The summed E-state index contributed by atoms with van der Waals surface area (Å²) in [6.45, 7) is 1.83. The summed E-state index contributed by atoms with van der Waals surface area (Å²) < 4.78 is 15.2. The maximum atomic E-state index is 12.1. The van der Waals surface area contributed by atoms with Crippen molar-refractivity contribution in [1.82, 2.24) is 0 Å². The van der Waals surface area contributed by atoms with Gasteiger partial charge in [0.05, 0.1) is 25.6 Å². The smallest absolute Gasteiger partial charge is 0.423 e. The predicted octanol–water partition coefficient (Wildman–Crippen LogP) is 5.76. The minimum absolute atomic E-state index is 0.0210. The maximum absolute atomic E-state index is 12.1. The van der Waals surface area contributed by atoms with E-state index in [0.717, 1.165) is 16.2 Å². The zero-order chi connectivity index (χ0) is 23.6. The van der Waals surface area contributed by atoms with Crippen LogP contribution in [-0.2, 0) is 20.9 Å². The number of nitrogens with zero attached hydrogens (tertiary/aromatic N) is 2. The van der Waals surface area contributed by atoms with Crippen LogP contribution in [0.15, 0.2) is 84.0 Å². The molecular weight excluding hydrogens is 424 g/mol. The van der Waals surface area contributed by atoms with Gasteiger partial charge < -0.3 is 19.0 Å². The van der Waals surface area contributed by atoms with Crippen LogP contribution >= 0.6 is 0 Å². The van der Waals surface area contributed by atoms with Crippen LogP contribution in [0.25, 0.3) is 0 Å². The Hall–Kier alpha value is -4.33. The van der Waals surface area contributed by atoms with Crippen molar-refractivity contribution in [3.63, 3.8) is 0 Å². The molecule has 3 rings (SSSR count). The second kappa shape index (κ2) is 11.3. The molecule has 0 atom stereocenters. The summed E-state index contributed by atoms with van der Waals surface area (Å²) in [7, 11) is 2.36. The van der Waals surface area contributed by atoms with E-state index in [4.69, 9.17) is 19.0 Å². The van der Waals surface area contributed by atoms with Crippen LogP contribution in [-0.4, -0.2) is 32.1 Å². The first kappa shape index (κ1) is 23.3. The summed E-state index contributed by atoms with van der Waals surface area (Å²) in [5, 5.41) is 4.16. The zero-order valence-corrected chi connectivity index (χ0v) is 18.6. The lowest BCUT2D eigenvalue weighted by Gasteiger charge is -2.20. The molecule has 0 fully saturated rings. The molecule has 3 aromatic rings. The normalized spacial score (nSPS) is 10.8. The van der Waals surface area contributed by atoms with Gasteiger partial charge in [-0.15, -0.1) is 0 Å². The Morgan fingerprint density at radius 3 is 2.00 bits per heavy atom. The van der Waals surface area contributed by atoms with Gasteiger partial charge in [-0.25, -0.2) is 9.59 Å². The third kappa shape index (κ3) is 6.10. The maximum Gasteiger partial charge on any atom is 0.423 e. The fourth-order valence-corrected chi connectivity index (χ4v) is 2.94. The number of hydrogen-bond donors (Lipinski definition) is 0. The van der Waals surface area contributed by atoms with E-state index in [1.165, 1.54) is 14.2 Å². The Kier molecular flexibility index (Phi) is 8.02. The highest BCUT2D eigenvalue weighted by Gasteiger charge is 2.27. The molecule has 0 heterocycles. The number of anilines is 1. The quantitative estimate of drug-likeness (QED) is 0.337. The second-order valence-corrected chi connectivity index (χ2v) is 6.79. The summed E-state index contributed by atoms with van der Waals surface area (Å²) in [6.07, 6.45) is -1.74. The Labute approximate surface area is 191 Å². The summed E-state index contributed by atoms with van der Waals surface area (Å²) in [6, 6.07) is 23.7. The van der Waals surface area contributed by atoms with Crippen LogP contribution < -0.4 is 9.64 Å². The molecule has 0 N–H and O–H groups in total. The van der Waals surface area contributed by atoms with Crippen LogP contribution in [0.4, 0.5) is 15.3 Å². The highest BCUT2D eigenvalue weighted by Crippen LogP contribution is 2.24. The highest BCUT2D eigenvalue weighted by atomic mass is 16.6. The number of carbonyl (C=O) groups is 2. The first-order chi connectivity index (χ1) is 16.0. The van der Waals surface area contributed by atoms with E-state index in [-0.39, 0.29) is 12.3 Å². The summed E-state index contributed by atoms with van der Waals surface area (Å²) in [5.41, 5.74) is 2.34. The molecule has 0 radical (unpaired) electrons. The molecule has 0 unspecified atom stereocenters. The number of methoxy groups -OCH3 is 2. The van der Waals surface area contributed by atoms with E-state index in [9.17, 15) is 9.59 Å². The predicted molar refractivity (Wildman–Crippen MR) is 124 cm³/mol. The Balaban J connectivity index is 1.68. The summed E-state index contributed by atoms with van der Waals surface area (Å²) in [4.78, 5) is 30.5. The average molecular weight is 448 g/mol. The molecule has 8 nitrogen and oxygen atoms in total. The van der Waals surface area contributed by atoms with Gasteiger partial charge in [0.1, 0.15) is 18.1 Å². The third-order valence-corrected chi connectivity index (χ3v) is 4.62.